The summed E-state index contributed by atoms with van der Waals surface area (Å²) < 4.78 is 13.4. The first-order valence-corrected chi connectivity index (χ1v) is 9.62. The summed E-state index contributed by atoms with van der Waals surface area (Å²) in [5, 5.41) is 25.5. The molecule has 3 N–H and O–H groups in total. The lowest BCUT2D eigenvalue weighted by molar-refractivity contribution is 0.473. The minimum atomic E-state index is -0.565. The fourth-order valence-electron chi connectivity index (χ4n) is 4.02. The van der Waals surface area contributed by atoms with Crippen LogP contribution in [0, 0.1) is 34.0 Å². The van der Waals surface area contributed by atoms with E-state index in [2.05, 4.69) is 25.9 Å². The second-order valence-corrected chi connectivity index (χ2v) is 7.31. The van der Waals surface area contributed by atoms with Crippen LogP contribution in [0.25, 0.3) is 22.2 Å². The Labute approximate surface area is 173 Å². The van der Waals surface area contributed by atoms with Gasteiger partial charge in [-0.2, -0.15) is 9.65 Å². The summed E-state index contributed by atoms with van der Waals surface area (Å²) in [5.74, 6) is -0.0797. The topological polar surface area (TPSA) is 120 Å². The summed E-state index contributed by atoms with van der Waals surface area (Å²) in [7, 11) is 1.71. The molecule has 1 aliphatic rings. The molecule has 0 atom stereocenters. The standard InChI is InChI=1S/C21H21FN8/c1-29(11-24)21(25)13-4-6-30(7-5-13)20-15(9-23)8-16-19(28-12-27-16)18(20)14-2-3-17(22)26-10-14/h2-3,8,10-13,24-25H,4-7H2,1H3,(H,27,28). The average Bonchev–Trinajstić information content (AvgIpc) is 3.26. The van der Waals surface area contributed by atoms with Crippen LogP contribution in [0.5, 0.6) is 0 Å². The second-order valence-electron chi connectivity index (χ2n) is 7.31. The Balaban J connectivity index is 1.76. The van der Waals surface area contributed by atoms with Crippen LogP contribution >= 0.6 is 0 Å². The lowest BCUT2D eigenvalue weighted by atomic mass is 9.92. The van der Waals surface area contributed by atoms with Gasteiger partial charge in [0.1, 0.15) is 11.9 Å². The fraction of sp³-hybridized carbons (Fsp3) is 0.286. The monoisotopic (exact) mass is 404 g/mol. The van der Waals surface area contributed by atoms with E-state index in [1.807, 2.05) is 0 Å². The van der Waals surface area contributed by atoms with Crippen molar-refractivity contribution in [1.82, 2.24) is 19.9 Å². The van der Waals surface area contributed by atoms with Crippen LogP contribution in [0.3, 0.4) is 0 Å². The molecule has 0 aliphatic carbocycles. The molecule has 0 saturated carbocycles. The van der Waals surface area contributed by atoms with E-state index < -0.39 is 5.95 Å². The highest BCUT2D eigenvalue weighted by Gasteiger charge is 2.28. The zero-order valence-corrected chi connectivity index (χ0v) is 16.5. The van der Waals surface area contributed by atoms with Crippen LogP contribution in [-0.4, -0.2) is 52.2 Å². The highest BCUT2D eigenvalue weighted by Crippen LogP contribution is 2.40. The van der Waals surface area contributed by atoms with Gasteiger partial charge in [0, 0.05) is 43.4 Å². The van der Waals surface area contributed by atoms with Crippen molar-refractivity contribution in [3.8, 4) is 17.2 Å². The first-order valence-electron chi connectivity index (χ1n) is 9.62. The highest BCUT2D eigenvalue weighted by atomic mass is 19.1. The fourth-order valence-corrected chi connectivity index (χ4v) is 4.02. The molecular weight excluding hydrogens is 383 g/mol. The molecule has 1 aliphatic heterocycles. The van der Waals surface area contributed by atoms with Gasteiger partial charge in [-0.25, -0.2) is 9.97 Å². The van der Waals surface area contributed by atoms with Crippen LogP contribution in [0.1, 0.15) is 18.4 Å². The van der Waals surface area contributed by atoms with Crippen molar-refractivity contribution in [2.75, 3.05) is 25.0 Å². The normalized spacial score (nSPS) is 14.5. The van der Waals surface area contributed by atoms with E-state index in [1.165, 1.54) is 17.2 Å². The zero-order valence-electron chi connectivity index (χ0n) is 16.5. The van der Waals surface area contributed by atoms with Crippen molar-refractivity contribution >= 4 is 28.9 Å². The third-order valence-electron chi connectivity index (χ3n) is 5.59. The third-order valence-corrected chi connectivity index (χ3v) is 5.59. The Bertz CT molecular complexity index is 1140. The Morgan fingerprint density at radius 2 is 2.13 bits per heavy atom. The minimum absolute atomic E-state index is 0.0587. The first kappa shape index (κ1) is 19.5. The maximum absolute atomic E-state index is 13.4. The number of hydrogen-bond donors (Lipinski definition) is 3. The van der Waals surface area contributed by atoms with Crippen LogP contribution in [0.15, 0.2) is 30.7 Å². The second kappa shape index (κ2) is 7.91. The van der Waals surface area contributed by atoms with Gasteiger partial charge in [-0.3, -0.25) is 10.8 Å². The number of nitrogens with zero attached hydrogens (tertiary/aromatic N) is 5. The van der Waals surface area contributed by atoms with Gasteiger partial charge in [0.05, 0.1) is 35.0 Å². The Morgan fingerprint density at radius 3 is 2.77 bits per heavy atom. The number of rotatable bonds is 4. The van der Waals surface area contributed by atoms with E-state index in [0.29, 0.717) is 35.6 Å². The SMILES string of the molecule is CN(C=N)C(=N)C1CCN(c2c(C#N)cc3[nH]cnc3c2-c2ccc(F)nc2)CC1. The Kier molecular flexibility index (Phi) is 5.14. The number of amidine groups is 1. The highest BCUT2D eigenvalue weighted by molar-refractivity contribution is 6.01. The predicted octanol–water partition coefficient (Wildman–Crippen LogP) is 3.37. The zero-order chi connectivity index (χ0) is 21.3. The van der Waals surface area contributed by atoms with E-state index >= 15 is 0 Å². The number of aromatic amines is 1. The number of hydrogen-bond acceptors (Lipinski definition) is 6. The molecule has 1 fully saturated rings. The molecule has 152 valence electrons. The Hall–Kier alpha value is -3.80. The van der Waals surface area contributed by atoms with Crippen LogP contribution in [0.2, 0.25) is 0 Å². The lowest BCUT2D eigenvalue weighted by Gasteiger charge is -2.36. The summed E-state index contributed by atoms with van der Waals surface area (Å²) in [4.78, 5) is 15.0. The number of H-pyrrole nitrogens is 1. The molecule has 0 amide bonds. The number of aromatic nitrogens is 3. The predicted molar refractivity (Wildman–Crippen MR) is 113 cm³/mol. The molecule has 30 heavy (non-hydrogen) atoms. The van der Waals surface area contributed by atoms with Crippen molar-refractivity contribution in [3.63, 3.8) is 0 Å². The number of pyridine rings is 1. The number of nitriles is 1. The van der Waals surface area contributed by atoms with Gasteiger partial charge < -0.3 is 14.8 Å². The van der Waals surface area contributed by atoms with Crippen molar-refractivity contribution < 1.29 is 4.39 Å². The summed E-state index contributed by atoms with van der Waals surface area (Å²) in [5.41, 5.74) is 4.16. The van der Waals surface area contributed by atoms with Gasteiger partial charge in [0.15, 0.2) is 0 Å². The number of nitrogens with one attached hydrogen (secondary N) is 3. The smallest absolute Gasteiger partial charge is 0.212 e. The lowest BCUT2D eigenvalue weighted by Crippen LogP contribution is -2.41. The summed E-state index contributed by atoms with van der Waals surface area (Å²) in [6.45, 7) is 1.32. The van der Waals surface area contributed by atoms with Gasteiger partial charge in [-0.05, 0) is 31.0 Å². The molecule has 1 saturated heterocycles. The molecule has 1 aromatic carbocycles. The molecule has 3 aromatic rings. The average molecular weight is 404 g/mol. The minimum Gasteiger partial charge on any atom is -0.370 e. The van der Waals surface area contributed by atoms with E-state index in [1.54, 1.807) is 25.5 Å². The van der Waals surface area contributed by atoms with Crippen LogP contribution < -0.4 is 4.90 Å². The van der Waals surface area contributed by atoms with E-state index in [0.717, 1.165) is 35.9 Å². The molecule has 0 spiro atoms. The van der Waals surface area contributed by atoms with E-state index in [9.17, 15) is 9.65 Å². The molecule has 3 heterocycles. The summed E-state index contributed by atoms with van der Waals surface area (Å²) >= 11 is 0. The number of anilines is 1. The van der Waals surface area contributed by atoms with Gasteiger partial charge in [0.25, 0.3) is 0 Å². The maximum Gasteiger partial charge on any atom is 0.212 e. The van der Waals surface area contributed by atoms with Gasteiger partial charge in [-0.15, -0.1) is 0 Å². The van der Waals surface area contributed by atoms with Crippen LogP contribution in [-0.2, 0) is 0 Å². The van der Waals surface area contributed by atoms with Crippen molar-refractivity contribution in [2.45, 2.75) is 12.8 Å². The molecule has 2 aromatic heterocycles. The molecule has 0 unspecified atom stereocenters. The van der Waals surface area contributed by atoms with E-state index in [-0.39, 0.29) is 5.92 Å². The number of imidazole rings is 1. The molecule has 9 heteroatoms. The molecule has 0 radical (unpaired) electrons. The number of fused-ring (bicyclic) bond motifs is 1. The maximum atomic E-state index is 13.4. The van der Waals surface area contributed by atoms with E-state index in [4.69, 9.17) is 10.8 Å². The molecule has 4 rings (SSSR count). The van der Waals surface area contributed by atoms with Crippen LogP contribution in [0.4, 0.5) is 10.1 Å². The van der Waals surface area contributed by atoms with Crippen molar-refractivity contribution in [1.29, 1.82) is 16.1 Å². The number of benzene rings is 1. The first-order chi connectivity index (χ1) is 14.5. The summed E-state index contributed by atoms with van der Waals surface area (Å²) in [6, 6.07) is 7.03. The third kappa shape index (κ3) is 3.37. The largest absolute Gasteiger partial charge is 0.370 e. The molecule has 0 bridgehead atoms. The molecule has 8 nitrogen and oxygen atoms in total. The quantitative estimate of drug-likeness (QED) is 0.350. The number of piperidine rings is 1. The molecular formula is C21H21FN8. The van der Waals surface area contributed by atoms with Gasteiger partial charge in [0.2, 0.25) is 5.95 Å². The summed E-state index contributed by atoms with van der Waals surface area (Å²) in [6.07, 6.45) is 5.67. The van der Waals surface area contributed by atoms with Crippen molar-refractivity contribution in [3.05, 3.63) is 42.2 Å². The Morgan fingerprint density at radius 1 is 1.37 bits per heavy atom. The number of halogens is 1. The van der Waals surface area contributed by atoms with Gasteiger partial charge >= 0.3 is 0 Å². The van der Waals surface area contributed by atoms with Gasteiger partial charge in [-0.1, -0.05) is 0 Å². The van der Waals surface area contributed by atoms with Crippen molar-refractivity contribution in [2.24, 2.45) is 5.92 Å².